The van der Waals surface area contributed by atoms with E-state index in [1.54, 1.807) is 0 Å². The third-order valence-electron chi connectivity index (χ3n) is 2.07. The summed E-state index contributed by atoms with van der Waals surface area (Å²) in [6.07, 6.45) is 5.17. The molecule has 84 valence electrons. The van der Waals surface area contributed by atoms with Crippen LogP contribution in [0.2, 0.25) is 0 Å². The predicted molar refractivity (Wildman–Crippen MR) is 61.7 cm³/mol. The lowest BCUT2D eigenvalue weighted by Crippen LogP contribution is -2.44. The Labute approximate surface area is 92.4 Å². The van der Waals surface area contributed by atoms with E-state index in [9.17, 15) is 4.79 Å². The highest BCUT2D eigenvalue weighted by molar-refractivity contribution is 6.18. The van der Waals surface area contributed by atoms with Crippen LogP contribution in [0.1, 0.15) is 52.9 Å². The number of amides is 1. The molecule has 0 aromatic rings. The molecule has 1 N–H and O–H groups in total. The second-order valence-electron chi connectivity index (χ2n) is 4.38. The summed E-state index contributed by atoms with van der Waals surface area (Å²) in [5.41, 5.74) is -0.274. The molecule has 14 heavy (non-hydrogen) atoms. The van der Waals surface area contributed by atoms with Gasteiger partial charge in [-0.3, -0.25) is 4.79 Å². The van der Waals surface area contributed by atoms with E-state index in [2.05, 4.69) is 12.2 Å². The fourth-order valence-corrected chi connectivity index (χ4v) is 1.25. The van der Waals surface area contributed by atoms with Crippen molar-refractivity contribution in [3.8, 4) is 0 Å². The average molecular weight is 220 g/mol. The van der Waals surface area contributed by atoms with Gasteiger partial charge in [0.25, 0.3) is 0 Å². The Hall–Kier alpha value is -0.240. The first-order chi connectivity index (χ1) is 6.52. The van der Waals surface area contributed by atoms with Gasteiger partial charge in [-0.15, -0.1) is 11.6 Å². The highest BCUT2D eigenvalue weighted by atomic mass is 35.5. The summed E-state index contributed by atoms with van der Waals surface area (Å²) in [6, 6.07) is 0. The van der Waals surface area contributed by atoms with Crippen molar-refractivity contribution in [3.05, 3.63) is 0 Å². The van der Waals surface area contributed by atoms with Gasteiger partial charge in [-0.1, -0.05) is 26.2 Å². The van der Waals surface area contributed by atoms with Gasteiger partial charge in [0.05, 0.1) is 0 Å². The number of nitrogens with one attached hydrogen (secondary N) is 1. The number of alkyl halides is 1. The van der Waals surface area contributed by atoms with Crippen molar-refractivity contribution in [1.82, 2.24) is 5.32 Å². The highest BCUT2D eigenvalue weighted by Crippen LogP contribution is 2.07. The number of rotatable bonds is 7. The normalized spacial score (nSPS) is 11.4. The van der Waals surface area contributed by atoms with Crippen molar-refractivity contribution in [1.29, 1.82) is 0 Å². The van der Waals surface area contributed by atoms with E-state index in [4.69, 9.17) is 11.6 Å². The lowest BCUT2D eigenvalue weighted by molar-refractivity contribution is -0.122. The Morgan fingerprint density at radius 1 is 1.29 bits per heavy atom. The van der Waals surface area contributed by atoms with Gasteiger partial charge in [-0.05, 0) is 20.3 Å². The molecule has 0 unspecified atom stereocenters. The molecule has 0 fully saturated rings. The van der Waals surface area contributed by atoms with Crippen LogP contribution in [0, 0.1) is 0 Å². The number of hydrogen-bond acceptors (Lipinski definition) is 1. The Balaban J connectivity index is 3.55. The second-order valence-corrected chi connectivity index (χ2v) is 4.64. The van der Waals surface area contributed by atoms with Crippen LogP contribution in [0.5, 0.6) is 0 Å². The lowest BCUT2D eigenvalue weighted by Gasteiger charge is -2.23. The smallest absolute Gasteiger partial charge is 0.220 e. The molecule has 0 saturated carbocycles. The van der Waals surface area contributed by atoms with Gasteiger partial charge in [0.15, 0.2) is 0 Å². The largest absolute Gasteiger partial charge is 0.350 e. The number of halogens is 1. The van der Waals surface area contributed by atoms with E-state index >= 15 is 0 Å². The minimum Gasteiger partial charge on any atom is -0.350 e. The molecule has 0 aliphatic carbocycles. The first kappa shape index (κ1) is 13.8. The molecular formula is C11H22ClNO. The van der Waals surface area contributed by atoms with E-state index in [1.165, 1.54) is 12.8 Å². The fourth-order valence-electron chi connectivity index (χ4n) is 1.19. The van der Waals surface area contributed by atoms with Gasteiger partial charge < -0.3 is 5.32 Å². The van der Waals surface area contributed by atoms with Crippen LogP contribution in [0.15, 0.2) is 0 Å². The van der Waals surface area contributed by atoms with Crippen LogP contribution in [-0.4, -0.2) is 17.3 Å². The first-order valence-corrected chi connectivity index (χ1v) is 5.92. The van der Waals surface area contributed by atoms with Crippen LogP contribution >= 0.6 is 11.6 Å². The van der Waals surface area contributed by atoms with Crippen molar-refractivity contribution in [2.75, 3.05) is 5.88 Å². The van der Waals surface area contributed by atoms with Crippen LogP contribution in [0.4, 0.5) is 0 Å². The zero-order valence-corrected chi connectivity index (χ0v) is 10.3. The number of carbonyl (C=O) groups excluding carboxylic acids is 1. The quantitative estimate of drug-likeness (QED) is 0.518. The molecule has 3 heteroatoms. The van der Waals surface area contributed by atoms with Crippen molar-refractivity contribution >= 4 is 17.5 Å². The maximum atomic E-state index is 11.4. The van der Waals surface area contributed by atoms with Gasteiger partial charge in [0, 0.05) is 17.8 Å². The summed E-state index contributed by atoms with van der Waals surface area (Å²) in [7, 11) is 0. The van der Waals surface area contributed by atoms with Gasteiger partial charge in [0.2, 0.25) is 5.91 Å². The van der Waals surface area contributed by atoms with Crippen molar-refractivity contribution in [2.45, 2.75) is 58.4 Å². The van der Waals surface area contributed by atoms with Crippen molar-refractivity contribution in [2.24, 2.45) is 0 Å². The van der Waals surface area contributed by atoms with E-state index in [1.807, 2.05) is 13.8 Å². The SMILES string of the molecule is CCCCCCC(=O)NC(C)(C)CCl. The second kappa shape index (κ2) is 7.10. The maximum absolute atomic E-state index is 11.4. The molecule has 2 nitrogen and oxygen atoms in total. The third-order valence-corrected chi connectivity index (χ3v) is 2.74. The van der Waals surface area contributed by atoms with E-state index in [-0.39, 0.29) is 11.4 Å². The number of hydrogen-bond donors (Lipinski definition) is 1. The molecule has 0 bridgehead atoms. The van der Waals surface area contributed by atoms with Crippen LogP contribution in [0.3, 0.4) is 0 Å². The average Bonchev–Trinajstić information content (AvgIpc) is 2.12. The summed E-state index contributed by atoms with van der Waals surface area (Å²) in [6.45, 7) is 6.03. The maximum Gasteiger partial charge on any atom is 0.220 e. The lowest BCUT2D eigenvalue weighted by atomic mass is 10.1. The van der Waals surface area contributed by atoms with Gasteiger partial charge >= 0.3 is 0 Å². The molecule has 0 aliphatic rings. The first-order valence-electron chi connectivity index (χ1n) is 5.39. The number of unbranched alkanes of at least 4 members (excludes halogenated alkanes) is 3. The molecule has 0 aromatic carbocycles. The Kier molecular flexibility index (Phi) is 6.98. The molecule has 0 rings (SSSR count). The van der Waals surface area contributed by atoms with Gasteiger partial charge in [-0.2, -0.15) is 0 Å². The summed E-state index contributed by atoms with van der Waals surface area (Å²) in [5.74, 6) is 0.569. The van der Waals surface area contributed by atoms with Crippen LogP contribution in [-0.2, 0) is 4.79 Å². The fraction of sp³-hybridized carbons (Fsp3) is 0.909. The van der Waals surface area contributed by atoms with Crippen molar-refractivity contribution < 1.29 is 4.79 Å². The zero-order chi connectivity index (χ0) is 11.0. The van der Waals surface area contributed by atoms with E-state index in [0.29, 0.717) is 12.3 Å². The molecular weight excluding hydrogens is 198 g/mol. The molecule has 0 atom stereocenters. The van der Waals surface area contributed by atoms with Crippen LogP contribution < -0.4 is 5.32 Å². The zero-order valence-electron chi connectivity index (χ0n) is 9.53. The van der Waals surface area contributed by atoms with Gasteiger partial charge in [0.1, 0.15) is 0 Å². The monoisotopic (exact) mass is 219 g/mol. The minimum atomic E-state index is -0.274. The number of carbonyl (C=O) groups is 1. The van der Waals surface area contributed by atoms with Crippen LogP contribution in [0.25, 0.3) is 0 Å². The molecule has 0 saturated heterocycles. The molecule has 0 spiro atoms. The molecule has 0 radical (unpaired) electrons. The third kappa shape index (κ3) is 7.19. The Morgan fingerprint density at radius 3 is 2.43 bits per heavy atom. The molecule has 0 aliphatic heterocycles. The van der Waals surface area contributed by atoms with E-state index in [0.717, 1.165) is 12.8 Å². The topological polar surface area (TPSA) is 29.1 Å². The van der Waals surface area contributed by atoms with Crippen molar-refractivity contribution in [3.63, 3.8) is 0 Å². The summed E-state index contributed by atoms with van der Waals surface area (Å²) < 4.78 is 0. The predicted octanol–water partition coefficient (Wildman–Crippen LogP) is 3.09. The molecule has 1 amide bonds. The summed E-state index contributed by atoms with van der Waals surface area (Å²) >= 11 is 5.71. The molecule has 0 aromatic heterocycles. The molecule has 0 heterocycles. The Morgan fingerprint density at radius 2 is 1.93 bits per heavy atom. The standard InChI is InChI=1S/C11H22ClNO/c1-4-5-6-7-8-10(14)13-11(2,3)9-12/h4-9H2,1-3H3,(H,13,14). The van der Waals surface area contributed by atoms with Gasteiger partial charge in [-0.25, -0.2) is 0 Å². The minimum absolute atomic E-state index is 0.117. The summed E-state index contributed by atoms with van der Waals surface area (Å²) in [4.78, 5) is 11.4. The summed E-state index contributed by atoms with van der Waals surface area (Å²) in [5, 5.41) is 2.91. The Bertz CT molecular complexity index is 169. The highest BCUT2D eigenvalue weighted by Gasteiger charge is 2.18. The van der Waals surface area contributed by atoms with E-state index < -0.39 is 0 Å².